The quantitative estimate of drug-likeness (QED) is 0.241. The number of hydrogen-bond acceptors (Lipinski definition) is 5. The molecule has 206 valence electrons. The first-order valence-corrected chi connectivity index (χ1v) is 14.3. The summed E-state index contributed by atoms with van der Waals surface area (Å²) in [5.41, 5.74) is 0.857. The predicted octanol–water partition coefficient (Wildman–Crippen LogP) is 5.84. The first-order valence-electron chi connectivity index (χ1n) is 12.9. The van der Waals surface area contributed by atoms with Crippen LogP contribution in [-0.2, 0) is 14.8 Å². The van der Waals surface area contributed by atoms with Crippen molar-refractivity contribution in [3.8, 4) is 11.5 Å². The van der Waals surface area contributed by atoms with E-state index in [4.69, 9.17) is 4.74 Å². The number of carbonyl (C=O) groups is 2. The van der Waals surface area contributed by atoms with Gasteiger partial charge in [0.15, 0.2) is 0 Å². The molecule has 4 rings (SSSR count). The van der Waals surface area contributed by atoms with Crippen LogP contribution in [0.2, 0.25) is 0 Å². The van der Waals surface area contributed by atoms with Crippen molar-refractivity contribution in [1.82, 2.24) is 5.32 Å². The van der Waals surface area contributed by atoms with E-state index < -0.39 is 22.5 Å². The highest BCUT2D eigenvalue weighted by Crippen LogP contribution is 2.28. The van der Waals surface area contributed by atoms with Crippen LogP contribution in [0.1, 0.15) is 30.6 Å². The molecular formula is C31H31N3O5S. The minimum atomic E-state index is -4.11. The van der Waals surface area contributed by atoms with Gasteiger partial charge in [0.2, 0.25) is 5.91 Å². The van der Waals surface area contributed by atoms with Crippen molar-refractivity contribution < 1.29 is 22.7 Å². The second kappa shape index (κ2) is 12.9. The highest BCUT2D eigenvalue weighted by Gasteiger charge is 2.28. The molecule has 2 N–H and O–H groups in total. The molecule has 0 fully saturated rings. The van der Waals surface area contributed by atoms with Crippen LogP contribution in [0.15, 0.2) is 114 Å². The Morgan fingerprint density at radius 2 is 1.38 bits per heavy atom. The minimum absolute atomic E-state index is 0.0424. The number of amides is 2. The van der Waals surface area contributed by atoms with E-state index in [0.717, 1.165) is 10.7 Å². The number of para-hydroxylation sites is 2. The maximum absolute atomic E-state index is 13.7. The Kier molecular flexibility index (Phi) is 9.19. The molecule has 0 saturated carbocycles. The Hall–Kier alpha value is -4.63. The maximum Gasteiger partial charge on any atom is 0.264 e. The summed E-state index contributed by atoms with van der Waals surface area (Å²) in [6.45, 7) is 3.33. The summed E-state index contributed by atoms with van der Waals surface area (Å²) in [4.78, 5) is 26.1. The lowest BCUT2D eigenvalue weighted by Crippen LogP contribution is -2.38. The van der Waals surface area contributed by atoms with Gasteiger partial charge in [-0.25, -0.2) is 8.42 Å². The third kappa shape index (κ3) is 7.06. The average Bonchev–Trinajstić information content (AvgIpc) is 2.97. The van der Waals surface area contributed by atoms with Gasteiger partial charge in [-0.2, -0.15) is 0 Å². The highest BCUT2D eigenvalue weighted by molar-refractivity contribution is 7.92. The molecule has 0 unspecified atom stereocenters. The van der Waals surface area contributed by atoms with Crippen LogP contribution in [0, 0.1) is 0 Å². The van der Waals surface area contributed by atoms with Crippen LogP contribution < -0.4 is 19.7 Å². The number of rotatable bonds is 11. The summed E-state index contributed by atoms with van der Waals surface area (Å²) >= 11 is 0. The number of hydrogen-bond donors (Lipinski definition) is 2. The molecule has 0 aromatic heterocycles. The molecule has 2 amide bonds. The molecule has 4 aromatic carbocycles. The van der Waals surface area contributed by atoms with Crippen molar-refractivity contribution in [2.45, 2.75) is 31.2 Å². The van der Waals surface area contributed by atoms with Crippen LogP contribution in [0.3, 0.4) is 0 Å². The minimum Gasteiger partial charge on any atom is -0.457 e. The summed E-state index contributed by atoms with van der Waals surface area (Å²) in [6.07, 6.45) is 0.752. The lowest BCUT2D eigenvalue weighted by molar-refractivity contribution is -0.114. The van der Waals surface area contributed by atoms with E-state index in [2.05, 4.69) is 10.6 Å². The lowest BCUT2D eigenvalue weighted by Gasteiger charge is -2.24. The second-order valence-electron chi connectivity index (χ2n) is 9.11. The fourth-order valence-electron chi connectivity index (χ4n) is 3.85. The van der Waals surface area contributed by atoms with Crippen molar-refractivity contribution in [3.05, 3.63) is 115 Å². The van der Waals surface area contributed by atoms with Crippen molar-refractivity contribution in [2.24, 2.45) is 0 Å². The van der Waals surface area contributed by atoms with Gasteiger partial charge in [0, 0.05) is 6.04 Å². The zero-order chi connectivity index (χ0) is 28.5. The third-order valence-electron chi connectivity index (χ3n) is 6.16. The number of nitrogens with zero attached hydrogens (tertiary/aromatic N) is 1. The first kappa shape index (κ1) is 28.4. The van der Waals surface area contributed by atoms with Crippen LogP contribution in [0.5, 0.6) is 11.5 Å². The van der Waals surface area contributed by atoms with Gasteiger partial charge in [0.25, 0.3) is 15.9 Å². The van der Waals surface area contributed by atoms with E-state index >= 15 is 0 Å². The van der Waals surface area contributed by atoms with E-state index in [1.807, 2.05) is 44.2 Å². The van der Waals surface area contributed by atoms with Gasteiger partial charge in [-0.05, 0) is 74.0 Å². The van der Waals surface area contributed by atoms with Crippen molar-refractivity contribution in [3.63, 3.8) is 0 Å². The smallest absolute Gasteiger partial charge is 0.264 e. The zero-order valence-corrected chi connectivity index (χ0v) is 23.1. The summed E-state index contributed by atoms with van der Waals surface area (Å²) in [5.74, 6) is 0.220. The Bertz CT molecular complexity index is 1540. The highest BCUT2D eigenvalue weighted by atomic mass is 32.2. The zero-order valence-electron chi connectivity index (χ0n) is 22.3. The molecule has 0 bridgehead atoms. The van der Waals surface area contributed by atoms with E-state index in [9.17, 15) is 18.0 Å². The van der Waals surface area contributed by atoms with Crippen LogP contribution >= 0.6 is 0 Å². The van der Waals surface area contributed by atoms with E-state index in [1.54, 1.807) is 66.7 Å². The van der Waals surface area contributed by atoms with Gasteiger partial charge in [-0.1, -0.05) is 55.5 Å². The summed E-state index contributed by atoms with van der Waals surface area (Å²) in [7, 11) is -4.11. The maximum atomic E-state index is 13.7. The molecule has 0 aliphatic carbocycles. The Morgan fingerprint density at radius 3 is 2.02 bits per heavy atom. The van der Waals surface area contributed by atoms with Crippen LogP contribution in [-0.4, -0.2) is 32.8 Å². The summed E-state index contributed by atoms with van der Waals surface area (Å²) < 4.78 is 34.2. The lowest BCUT2D eigenvalue weighted by atomic mass is 10.1. The molecule has 0 spiro atoms. The number of benzene rings is 4. The molecule has 0 heterocycles. The standard InChI is InChI=1S/C31H31N3O5S/c1-3-23(2)32-31(36)28-16-10-11-17-29(28)33-30(35)22-34(40(37,38)27-14-8-5-9-15-27)24-18-20-26(21-19-24)39-25-12-6-4-7-13-25/h4-21,23H,3,22H2,1-2H3,(H,32,36)(H,33,35)/t23-/m0/s1. The molecule has 0 saturated heterocycles. The molecule has 0 radical (unpaired) electrons. The number of sulfonamides is 1. The van der Waals surface area contributed by atoms with Gasteiger partial charge < -0.3 is 15.4 Å². The SMILES string of the molecule is CC[C@H](C)NC(=O)c1ccccc1NC(=O)CN(c1ccc(Oc2ccccc2)cc1)S(=O)(=O)c1ccccc1. The Balaban J connectivity index is 1.60. The fourth-order valence-corrected chi connectivity index (χ4v) is 5.30. The average molecular weight is 558 g/mol. The van der Waals surface area contributed by atoms with Crippen molar-refractivity contribution >= 4 is 33.2 Å². The van der Waals surface area contributed by atoms with E-state index in [-0.39, 0.29) is 33.8 Å². The predicted molar refractivity (Wildman–Crippen MR) is 156 cm³/mol. The van der Waals surface area contributed by atoms with E-state index in [1.165, 1.54) is 12.1 Å². The first-order chi connectivity index (χ1) is 19.3. The number of anilines is 2. The molecule has 4 aromatic rings. The van der Waals surface area contributed by atoms with Gasteiger partial charge in [-0.3, -0.25) is 13.9 Å². The molecule has 40 heavy (non-hydrogen) atoms. The van der Waals surface area contributed by atoms with Crippen LogP contribution in [0.25, 0.3) is 0 Å². The molecular weight excluding hydrogens is 526 g/mol. The van der Waals surface area contributed by atoms with Crippen molar-refractivity contribution in [2.75, 3.05) is 16.2 Å². The third-order valence-corrected chi connectivity index (χ3v) is 7.95. The summed E-state index contributed by atoms with van der Waals surface area (Å²) in [5, 5.41) is 5.61. The fraction of sp³-hybridized carbons (Fsp3) is 0.161. The van der Waals surface area contributed by atoms with Crippen molar-refractivity contribution in [1.29, 1.82) is 0 Å². The Morgan fingerprint density at radius 1 is 0.800 bits per heavy atom. The van der Waals surface area contributed by atoms with Gasteiger partial charge in [0.1, 0.15) is 18.0 Å². The second-order valence-corrected chi connectivity index (χ2v) is 11.0. The van der Waals surface area contributed by atoms with Gasteiger partial charge >= 0.3 is 0 Å². The van der Waals surface area contributed by atoms with Gasteiger partial charge in [-0.15, -0.1) is 0 Å². The number of ether oxygens (including phenoxy) is 1. The molecule has 8 nitrogen and oxygen atoms in total. The Labute approximate surface area is 234 Å². The largest absolute Gasteiger partial charge is 0.457 e. The molecule has 0 aliphatic rings. The topological polar surface area (TPSA) is 105 Å². The normalized spacial score (nSPS) is 11.8. The molecule has 0 aliphatic heterocycles. The summed E-state index contributed by atoms with van der Waals surface area (Å²) in [6, 6.07) is 30.1. The molecule has 1 atom stereocenters. The number of nitrogens with one attached hydrogen (secondary N) is 2. The number of carbonyl (C=O) groups excluding carboxylic acids is 2. The van der Waals surface area contributed by atoms with Crippen LogP contribution in [0.4, 0.5) is 11.4 Å². The van der Waals surface area contributed by atoms with Gasteiger partial charge in [0.05, 0.1) is 21.8 Å². The monoisotopic (exact) mass is 557 g/mol. The van der Waals surface area contributed by atoms with E-state index in [0.29, 0.717) is 11.5 Å². The molecule has 9 heteroatoms.